The lowest BCUT2D eigenvalue weighted by Crippen LogP contribution is -2.33. The number of nitrogens with two attached hydrogens (primary N) is 1. The van der Waals surface area contributed by atoms with Gasteiger partial charge in [0, 0.05) is 12.3 Å². The van der Waals surface area contributed by atoms with Crippen molar-refractivity contribution in [2.45, 2.75) is 58.0 Å². The van der Waals surface area contributed by atoms with Gasteiger partial charge in [0.25, 0.3) is 0 Å². The highest BCUT2D eigenvalue weighted by Gasteiger charge is 2.26. The lowest BCUT2D eigenvalue weighted by atomic mass is 9.95. The van der Waals surface area contributed by atoms with Crippen LogP contribution < -0.4 is 5.73 Å². The second-order valence-electron chi connectivity index (χ2n) is 5.06. The van der Waals surface area contributed by atoms with E-state index in [1.54, 1.807) is 11.8 Å². The van der Waals surface area contributed by atoms with Crippen LogP contribution in [0.3, 0.4) is 0 Å². The van der Waals surface area contributed by atoms with Crippen molar-refractivity contribution in [3.63, 3.8) is 0 Å². The molecule has 1 atom stereocenters. The largest absolute Gasteiger partial charge is 0.389 e. The van der Waals surface area contributed by atoms with E-state index in [0.717, 1.165) is 23.9 Å². The maximum absolute atomic E-state index is 10.2. The van der Waals surface area contributed by atoms with Crippen molar-refractivity contribution in [2.75, 3.05) is 5.75 Å². The molecule has 0 radical (unpaired) electrons. The van der Waals surface area contributed by atoms with Gasteiger partial charge in [-0.05, 0) is 19.3 Å². The highest BCUT2D eigenvalue weighted by molar-refractivity contribution is 7.99. The van der Waals surface area contributed by atoms with Crippen molar-refractivity contribution >= 4 is 11.8 Å². The first kappa shape index (κ1) is 15.5. The van der Waals surface area contributed by atoms with E-state index in [9.17, 15) is 5.11 Å². The third-order valence-electron chi connectivity index (χ3n) is 3.16. The number of rotatable bonds is 7. The summed E-state index contributed by atoms with van der Waals surface area (Å²) < 4.78 is 2.04. The van der Waals surface area contributed by atoms with E-state index in [1.165, 1.54) is 0 Å². The Morgan fingerprint density at radius 1 is 1.44 bits per heavy atom. The molecule has 0 fully saturated rings. The van der Waals surface area contributed by atoms with Crippen LogP contribution in [0.5, 0.6) is 0 Å². The highest BCUT2D eigenvalue weighted by Crippen LogP contribution is 2.26. The summed E-state index contributed by atoms with van der Waals surface area (Å²) in [5.41, 5.74) is 4.94. The highest BCUT2D eigenvalue weighted by atomic mass is 32.2. The number of aliphatic hydroxyl groups is 1. The standard InChI is InChI=1S/C12H24N4OS/c1-5-6-16-10(7-13)14-15-11(16)18-8-12(4,17)9(2)3/h9,17H,5-8,13H2,1-4H3. The molecule has 1 aromatic heterocycles. The number of thioether (sulfide) groups is 1. The van der Waals surface area contributed by atoms with Gasteiger partial charge in [0.1, 0.15) is 5.82 Å². The van der Waals surface area contributed by atoms with E-state index in [2.05, 4.69) is 17.1 Å². The Hall–Kier alpha value is -0.590. The van der Waals surface area contributed by atoms with Crippen LogP contribution in [0.4, 0.5) is 0 Å². The van der Waals surface area contributed by atoms with E-state index in [1.807, 2.05) is 25.3 Å². The minimum absolute atomic E-state index is 0.210. The quantitative estimate of drug-likeness (QED) is 0.738. The van der Waals surface area contributed by atoms with Gasteiger partial charge in [0.15, 0.2) is 5.16 Å². The first-order valence-corrected chi connectivity index (χ1v) is 7.38. The zero-order chi connectivity index (χ0) is 13.8. The van der Waals surface area contributed by atoms with Crippen LogP contribution in [0.15, 0.2) is 5.16 Å². The van der Waals surface area contributed by atoms with Gasteiger partial charge in [-0.1, -0.05) is 32.5 Å². The molecule has 0 saturated heterocycles. The van der Waals surface area contributed by atoms with Crippen molar-refractivity contribution in [1.82, 2.24) is 14.8 Å². The first-order chi connectivity index (χ1) is 8.42. The Labute approximate surface area is 113 Å². The van der Waals surface area contributed by atoms with Crippen molar-refractivity contribution in [3.8, 4) is 0 Å². The molecule has 1 unspecified atom stereocenters. The summed E-state index contributed by atoms with van der Waals surface area (Å²) in [7, 11) is 0. The predicted octanol–water partition coefficient (Wildman–Crippen LogP) is 1.65. The van der Waals surface area contributed by atoms with Crippen molar-refractivity contribution < 1.29 is 5.11 Å². The van der Waals surface area contributed by atoms with E-state index in [0.29, 0.717) is 12.3 Å². The Morgan fingerprint density at radius 2 is 2.11 bits per heavy atom. The Morgan fingerprint density at radius 3 is 2.61 bits per heavy atom. The van der Waals surface area contributed by atoms with Crippen LogP contribution in [0.1, 0.15) is 39.9 Å². The second kappa shape index (κ2) is 6.54. The average Bonchev–Trinajstić information content (AvgIpc) is 2.69. The maximum Gasteiger partial charge on any atom is 0.191 e. The third-order valence-corrected chi connectivity index (χ3v) is 4.45. The molecular weight excluding hydrogens is 248 g/mol. The summed E-state index contributed by atoms with van der Waals surface area (Å²) in [4.78, 5) is 0. The number of nitrogens with zero attached hydrogens (tertiary/aromatic N) is 3. The van der Waals surface area contributed by atoms with Crippen LogP contribution in [0.2, 0.25) is 0 Å². The SMILES string of the molecule is CCCn1c(CN)nnc1SCC(C)(O)C(C)C. The summed E-state index contributed by atoms with van der Waals surface area (Å²) >= 11 is 1.54. The number of hydrogen-bond acceptors (Lipinski definition) is 5. The molecule has 0 bridgehead atoms. The molecule has 1 aromatic rings. The van der Waals surface area contributed by atoms with E-state index < -0.39 is 5.60 Å². The van der Waals surface area contributed by atoms with Gasteiger partial charge in [0.05, 0.1) is 12.1 Å². The number of hydrogen-bond donors (Lipinski definition) is 2. The molecule has 0 aliphatic heterocycles. The molecule has 104 valence electrons. The Kier molecular flexibility index (Phi) is 5.62. The van der Waals surface area contributed by atoms with Crippen LogP contribution in [-0.4, -0.2) is 31.2 Å². The van der Waals surface area contributed by atoms with E-state index >= 15 is 0 Å². The molecular formula is C12H24N4OS. The summed E-state index contributed by atoms with van der Waals surface area (Å²) in [5, 5.41) is 19.3. The van der Waals surface area contributed by atoms with Crippen molar-refractivity contribution in [3.05, 3.63) is 5.82 Å². The molecule has 0 saturated carbocycles. The van der Waals surface area contributed by atoms with Gasteiger partial charge >= 0.3 is 0 Å². The maximum atomic E-state index is 10.2. The van der Waals surface area contributed by atoms with Gasteiger partial charge in [-0.2, -0.15) is 0 Å². The smallest absolute Gasteiger partial charge is 0.191 e. The molecule has 6 heteroatoms. The topological polar surface area (TPSA) is 77.0 Å². The van der Waals surface area contributed by atoms with Crippen LogP contribution in [0, 0.1) is 5.92 Å². The zero-order valence-electron chi connectivity index (χ0n) is 11.7. The van der Waals surface area contributed by atoms with Crippen LogP contribution in [0.25, 0.3) is 0 Å². The summed E-state index contributed by atoms with van der Waals surface area (Å²) in [5.74, 6) is 1.63. The first-order valence-electron chi connectivity index (χ1n) is 6.39. The van der Waals surface area contributed by atoms with E-state index in [-0.39, 0.29) is 5.92 Å². The summed E-state index contributed by atoms with van der Waals surface area (Å²) in [6, 6.07) is 0. The monoisotopic (exact) mass is 272 g/mol. The summed E-state index contributed by atoms with van der Waals surface area (Å²) in [6.45, 7) is 9.26. The second-order valence-corrected chi connectivity index (χ2v) is 6.00. The third kappa shape index (κ3) is 3.70. The zero-order valence-corrected chi connectivity index (χ0v) is 12.5. The van der Waals surface area contributed by atoms with Gasteiger partial charge in [-0.25, -0.2) is 0 Å². The Bertz CT molecular complexity index is 376. The minimum atomic E-state index is -0.698. The van der Waals surface area contributed by atoms with Crippen LogP contribution >= 0.6 is 11.8 Å². The Balaban J connectivity index is 2.75. The molecule has 0 aromatic carbocycles. The van der Waals surface area contributed by atoms with Gasteiger partial charge in [-0.15, -0.1) is 10.2 Å². The molecule has 1 rings (SSSR count). The number of aromatic nitrogens is 3. The molecule has 5 nitrogen and oxygen atoms in total. The molecule has 0 aliphatic rings. The molecule has 0 amide bonds. The fourth-order valence-electron chi connectivity index (χ4n) is 1.40. The fourth-order valence-corrected chi connectivity index (χ4v) is 2.61. The molecule has 0 aliphatic carbocycles. The lowest BCUT2D eigenvalue weighted by Gasteiger charge is -2.26. The van der Waals surface area contributed by atoms with Crippen LogP contribution in [-0.2, 0) is 13.1 Å². The van der Waals surface area contributed by atoms with Crippen molar-refractivity contribution in [1.29, 1.82) is 0 Å². The van der Waals surface area contributed by atoms with Gasteiger partial charge in [-0.3, -0.25) is 0 Å². The minimum Gasteiger partial charge on any atom is -0.389 e. The molecule has 3 N–H and O–H groups in total. The van der Waals surface area contributed by atoms with Gasteiger partial charge < -0.3 is 15.4 Å². The molecule has 18 heavy (non-hydrogen) atoms. The van der Waals surface area contributed by atoms with E-state index in [4.69, 9.17) is 5.73 Å². The fraction of sp³-hybridized carbons (Fsp3) is 0.833. The average molecular weight is 272 g/mol. The van der Waals surface area contributed by atoms with Crippen molar-refractivity contribution in [2.24, 2.45) is 11.7 Å². The normalized spacial score (nSPS) is 15.1. The lowest BCUT2D eigenvalue weighted by molar-refractivity contribution is 0.0376. The molecule has 1 heterocycles. The summed E-state index contributed by atoms with van der Waals surface area (Å²) in [6.07, 6.45) is 1.01. The molecule has 0 spiro atoms. The predicted molar refractivity (Wildman–Crippen MR) is 74.4 cm³/mol. The van der Waals surface area contributed by atoms with Gasteiger partial charge in [0.2, 0.25) is 0 Å².